The first-order valence-corrected chi connectivity index (χ1v) is 6.40. The topological polar surface area (TPSA) is 35.2 Å². The molecule has 1 aromatic carbocycles. The van der Waals surface area contributed by atoms with E-state index < -0.39 is 17.8 Å². The van der Waals surface area contributed by atoms with Crippen molar-refractivity contribution >= 4 is 11.3 Å². The standard InChI is InChI=1S/C13H12F3NOS/c1-18-11-5-9(4-10(6-11)13(14,15)16)12(17)8-2-3-19-7-8/h2-7,12H,17H2,1H3/t12-/m1/s1. The van der Waals surface area contributed by atoms with Gasteiger partial charge in [0.1, 0.15) is 5.75 Å². The van der Waals surface area contributed by atoms with Crippen LogP contribution in [0.4, 0.5) is 13.2 Å². The fraction of sp³-hybridized carbons (Fsp3) is 0.231. The lowest BCUT2D eigenvalue weighted by Crippen LogP contribution is -2.13. The van der Waals surface area contributed by atoms with Gasteiger partial charge in [0.2, 0.25) is 0 Å². The Labute approximate surface area is 112 Å². The van der Waals surface area contributed by atoms with E-state index in [2.05, 4.69) is 0 Å². The van der Waals surface area contributed by atoms with Gasteiger partial charge >= 0.3 is 6.18 Å². The Bertz CT molecular complexity index is 552. The largest absolute Gasteiger partial charge is 0.497 e. The van der Waals surface area contributed by atoms with Crippen LogP contribution in [0.2, 0.25) is 0 Å². The van der Waals surface area contributed by atoms with Gasteiger partial charge in [-0.1, -0.05) is 0 Å². The Morgan fingerprint density at radius 1 is 1.21 bits per heavy atom. The van der Waals surface area contributed by atoms with Gasteiger partial charge in [-0.2, -0.15) is 24.5 Å². The number of alkyl halides is 3. The highest BCUT2D eigenvalue weighted by atomic mass is 32.1. The van der Waals surface area contributed by atoms with Crippen LogP contribution in [0.5, 0.6) is 5.75 Å². The van der Waals surface area contributed by atoms with Crippen molar-refractivity contribution in [1.29, 1.82) is 0 Å². The normalized spacial score (nSPS) is 13.3. The van der Waals surface area contributed by atoms with Crippen LogP contribution >= 0.6 is 11.3 Å². The van der Waals surface area contributed by atoms with Gasteiger partial charge in [-0.3, -0.25) is 0 Å². The van der Waals surface area contributed by atoms with Crippen molar-refractivity contribution in [1.82, 2.24) is 0 Å². The molecule has 0 aliphatic rings. The van der Waals surface area contributed by atoms with E-state index in [-0.39, 0.29) is 5.75 Å². The Morgan fingerprint density at radius 2 is 1.95 bits per heavy atom. The van der Waals surface area contributed by atoms with Crippen LogP contribution in [0.25, 0.3) is 0 Å². The molecular formula is C13H12F3NOS. The lowest BCUT2D eigenvalue weighted by atomic mass is 9.99. The Hall–Kier alpha value is -1.53. The third-order valence-electron chi connectivity index (χ3n) is 2.75. The van der Waals surface area contributed by atoms with E-state index in [0.717, 1.165) is 17.7 Å². The summed E-state index contributed by atoms with van der Waals surface area (Å²) in [5, 5.41) is 3.65. The minimum absolute atomic E-state index is 0.149. The van der Waals surface area contributed by atoms with Crippen molar-refractivity contribution in [3.8, 4) is 5.75 Å². The maximum absolute atomic E-state index is 12.8. The van der Waals surface area contributed by atoms with Gasteiger partial charge in [0, 0.05) is 0 Å². The predicted octanol–water partition coefficient (Wildman–Crippen LogP) is 3.82. The Balaban J connectivity index is 2.45. The van der Waals surface area contributed by atoms with E-state index in [1.165, 1.54) is 24.5 Å². The van der Waals surface area contributed by atoms with E-state index in [0.29, 0.717) is 5.56 Å². The fourth-order valence-corrected chi connectivity index (χ4v) is 2.42. The predicted molar refractivity (Wildman–Crippen MR) is 68.3 cm³/mol. The first kappa shape index (κ1) is 13.9. The lowest BCUT2D eigenvalue weighted by Gasteiger charge is -2.15. The van der Waals surface area contributed by atoms with Gasteiger partial charge < -0.3 is 10.5 Å². The summed E-state index contributed by atoms with van der Waals surface area (Å²) in [6.45, 7) is 0. The first-order valence-electron chi connectivity index (χ1n) is 5.45. The van der Waals surface area contributed by atoms with Crippen molar-refractivity contribution in [3.63, 3.8) is 0 Å². The van der Waals surface area contributed by atoms with Crippen LogP contribution in [-0.4, -0.2) is 7.11 Å². The third kappa shape index (κ3) is 3.08. The molecule has 19 heavy (non-hydrogen) atoms. The molecule has 6 heteroatoms. The molecule has 1 aromatic heterocycles. The number of rotatable bonds is 3. The minimum atomic E-state index is -4.42. The van der Waals surface area contributed by atoms with Crippen molar-refractivity contribution in [2.24, 2.45) is 5.73 Å². The second kappa shape index (κ2) is 5.22. The zero-order valence-electron chi connectivity index (χ0n) is 10.1. The number of ether oxygens (including phenoxy) is 1. The molecule has 2 rings (SSSR count). The SMILES string of the molecule is COc1cc([C@H](N)c2ccsc2)cc(C(F)(F)F)c1. The molecule has 0 unspecified atom stereocenters. The maximum atomic E-state index is 12.8. The van der Waals surface area contributed by atoms with Gasteiger partial charge in [0.15, 0.2) is 0 Å². The third-order valence-corrected chi connectivity index (χ3v) is 3.45. The van der Waals surface area contributed by atoms with Crippen molar-refractivity contribution in [2.45, 2.75) is 12.2 Å². The smallest absolute Gasteiger partial charge is 0.416 e. The summed E-state index contributed by atoms with van der Waals surface area (Å²) in [7, 11) is 1.33. The highest BCUT2D eigenvalue weighted by Gasteiger charge is 2.32. The molecule has 1 atom stereocenters. The molecule has 0 saturated heterocycles. The second-order valence-electron chi connectivity index (χ2n) is 4.03. The van der Waals surface area contributed by atoms with Crippen LogP contribution in [0.15, 0.2) is 35.0 Å². The molecule has 1 heterocycles. The quantitative estimate of drug-likeness (QED) is 0.931. The second-order valence-corrected chi connectivity index (χ2v) is 4.81. The molecule has 0 aliphatic carbocycles. The number of nitrogens with two attached hydrogens (primary N) is 1. The van der Waals surface area contributed by atoms with Crippen LogP contribution in [0.1, 0.15) is 22.7 Å². The first-order chi connectivity index (χ1) is 8.91. The molecule has 0 saturated carbocycles. The summed E-state index contributed by atoms with van der Waals surface area (Å²) in [5.74, 6) is 0.149. The van der Waals surface area contributed by atoms with Gasteiger partial charge in [0.25, 0.3) is 0 Å². The molecule has 0 spiro atoms. The van der Waals surface area contributed by atoms with Crippen LogP contribution in [-0.2, 0) is 6.18 Å². The van der Waals surface area contributed by atoms with Crippen LogP contribution in [0, 0.1) is 0 Å². The van der Waals surface area contributed by atoms with Gasteiger partial charge in [-0.05, 0) is 46.2 Å². The van der Waals surface area contributed by atoms with E-state index in [4.69, 9.17) is 10.5 Å². The summed E-state index contributed by atoms with van der Waals surface area (Å²) >= 11 is 1.45. The van der Waals surface area contributed by atoms with Crippen LogP contribution < -0.4 is 10.5 Å². The van der Waals surface area contributed by atoms with E-state index in [9.17, 15) is 13.2 Å². The maximum Gasteiger partial charge on any atom is 0.416 e. The summed E-state index contributed by atoms with van der Waals surface area (Å²) in [6, 6.07) is 4.75. The monoisotopic (exact) mass is 287 g/mol. The van der Waals surface area contributed by atoms with E-state index >= 15 is 0 Å². The number of halogens is 3. The molecule has 2 N–H and O–H groups in total. The average Bonchev–Trinajstić information content (AvgIpc) is 2.90. The van der Waals surface area contributed by atoms with Gasteiger partial charge in [0.05, 0.1) is 18.7 Å². The van der Waals surface area contributed by atoms with Crippen molar-refractivity contribution < 1.29 is 17.9 Å². The average molecular weight is 287 g/mol. The van der Waals surface area contributed by atoms with E-state index in [1.807, 2.05) is 10.8 Å². The van der Waals surface area contributed by atoms with Gasteiger partial charge in [-0.15, -0.1) is 0 Å². The molecule has 0 fully saturated rings. The molecular weight excluding hydrogens is 275 g/mol. The number of hydrogen-bond acceptors (Lipinski definition) is 3. The molecule has 0 radical (unpaired) electrons. The fourth-order valence-electron chi connectivity index (χ4n) is 1.73. The zero-order chi connectivity index (χ0) is 14.0. The minimum Gasteiger partial charge on any atom is -0.497 e. The van der Waals surface area contributed by atoms with Crippen molar-refractivity contribution in [2.75, 3.05) is 7.11 Å². The Morgan fingerprint density at radius 3 is 2.47 bits per heavy atom. The van der Waals surface area contributed by atoms with Crippen LogP contribution in [0.3, 0.4) is 0 Å². The van der Waals surface area contributed by atoms with Crippen molar-refractivity contribution in [3.05, 3.63) is 51.7 Å². The number of methoxy groups -OCH3 is 1. The number of benzene rings is 1. The highest BCUT2D eigenvalue weighted by molar-refractivity contribution is 7.08. The molecule has 0 amide bonds. The molecule has 102 valence electrons. The summed E-state index contributed by atoms with van der Waals surface area (Å²) in [6.07, 6.45) is -4.42. The molecule has 2 aromatic rings. The summed E-state index contributed by atoms with van der Waals surface area (Å²) < 4.78 is 43.3. The summed E-state index contributed by atoms with van der Waals surface area (Å²) in [5.41, 5.74) is 6.39. The Kier molecular flexibility index (Phi) is 3.82. The van der Waals surface area contributed by atoms with Gasteiger partial charge in [-0.25, -0.2) is 0 Å². The zero-order valence-corrected chi connectivity index (χ0v) is 10.9. The number of thiophene rings is 1. The van der Waals surface area contributed by atoms with E-state index in [1.54, 1.807) is 6.07 Å². The highest BCUT2D eigenvalue weighted by Crippen LogP contribution is 2.35. The molecule has 0 bridgehead atoms. The number of hydrogen-bond donors (Lipinski definition) is 1. The lowest BCUT2D eigenvalue weighted by molar-refractivity contribution is -0.137. The molecule has 0 aliphatic heterocycles. The molecule has 2 nitrogen and oxygen atoms in total. The summed E-state index contributed by atoms with van der Waals surface area (Å²) in [4.78, 5) is 0.